The van der Waals surface area contributed by atoms with E-state index < -0.39 is 123 Å². The van der Waals surface area contributed by atoms with Crippen LogP contribution in [-0.4, -0.2) is 333 Å². The summed E-state index contributed by atoms with van der Waals surface area (Å²) in [6.07, 6.45) is 8.54. The van der Waals surface area contributed by atoms with Crippen molar-refractivity contribution in [3.63, 3.8) is 0 Å². The highest BCUT2D eigenvalue weighted by atomic mass is 33.1. The van der Waals surface area contributed by atoms with Crippen LogP contribution in [0.5, 0.6) is 0 Å². The molecular weight excluding hydrogens is 1750 g/mol. The summed E-state index contributed by atoms with van der Waals surface area (Å²) in [4.78, 5) is 119. The van der Waals surface area contributed by atoms with Gasteiger partial charge in [-0.3, -0.25) is 38.4 Å². The summed E-state index contributed by atoms with van der Waals surface area (Å²) in [6.45, 7) is 12.4. The molecule has 35 nitrogen and oxygen atoms in total. The molecular formula is C94H170N4O31S2. The van der Waals surface area contributed by atoms with Crippen LogP contribution in [0, 0.1) is 23.2 Å². The number of aliphatic hydroxyl groups is 9. The molecule has 4 amide bonds. The number of esters is 2. The third kappa shape index (κ3) is 51.7. The molecule has 4 fully saturated rings. The summed E-state index contributed by atoms with van der Waals surface area (Å²) < 4.78 is 73.8. The average molecular weight is 1920 g/mol. The monoisotopic (exact) mass is 1920 g/mol. The van der Waals surface area contributed by atoms with E-state index >= 15 is 0 Å². The lowest BCUT2D eigenvalue weighted by atomic mass is 9.71. The molecule has 4 rings (SSSR count). The number of amides is 4. The first-order valence-electron chi connectivity index (χ1n) is 48.3. The van der Waals surface area contributed by atoms with Crippen molar-refractivity contribution < 1.29 is 151 Å². The second kappa shape index (κ2) is 71.9. The number of carbonyl (C=O) groups is 9. The van der Waals surface area contributed by atoms with Gasteiger partial charge in [-0.1, -0.05) is 108 Å². The molecule has 0 bridgehead atoms. The quantitative estimate of drug-likeness (QED) is 0.0117. The Morgan fingerprint density at radius 3 is 1.27 bits per heavy atom. The zero-order valence-corrected chi connectivity index (χ0v) is 80.7. The third-order valence-electron chi connectivity index (χ3n) is 24.6. The van der Waals surface area contributed by atoms with Crippen LogP contribution in [0.1, 0.15) is 292 Å². The van der Waals surface area contributed by atoms with Gasteiger partial charge in [0.05, 0.1) is 123 Å². The number of nitrogens with one attached hydrogen (secondary N) is 3. The van der Waals surface area contributed by atoms with Gasteiger partial charge in [-0.15, -0.1) is 0 Å². The molecule has 0 aromatic heterocycles. The van der Waals surface area contributed by atoms with Crippen LogP contribution < -0.4 is 16.0 Å². The van der Waals surface area contributed by atoms with Crippen molar-refractivity contribution in [2.45, 2.75) is 383 Å². The molecule has 131 heavy (non-hydrogen) atoms. The predicted octanol–water partition coefficient (Wildman–Crippen LogP) is 8.92. The van der Waals surface area contributed by atoms with Gasteiger partial charge in [-0.2, -0.15) is 0 Å². The number of rotatable bonds is 78. The van der Waals surface area contributed by atoms with Gasteiger partial charge < -0.3 is 128 Å². The van der Waals surface area contributed by atoms with Crippen molar-refractivity contribution in [3.05, 3.63) is 0 Å². The van der Waals surface area contributed by atoms with Gasteiger partial charge in [0.15, 0.2) is 18.9 Å². The van der Waals surface area contributed by atoms with E-state index in [-0.39, 0.29) is 163 Å². The van der Waals surface area contributed by atoms with E-state index in [1.165, 1.54) is 0 Å². The first-order chi connectivity index (χ1) is 62.5. The van der Waals surface area contributed by atoms with Crippen LogP contribution >= 0.6 is 21.6 Å². The molecule has 12 N–H and O–H groups in total. The Kier molecular flexibility index (Phi) is 66.3. The third-order valence-corrected chi connectivity index (χ3v) is 28.0. The average Bonchev–Trinajstić information content (AvgIpc) is 1.60. The lowest BCUT2D eigenvalue weighted by Gasteiger charge is -2.40. The standard InChI is InChI=1S/C93H166N4O31S2.CH4/c1-66-82(109)85(112)74(62-98)126-88(66)122-48-25-33-70(101)31-17-11-8-16-24-47-96-91(115)125-53-30-43-93(41-28-51-120-80(107)37-18-12-9-14-22-45-94-77(104)34-26-49-123-89-67(2)83(110)86(113)75(63-99)127-89,42-29-52-121-81(108)38-19-13-10-15-23-46-95-78(105)35-27-50-124-90-68(3)84(111)87(114)76(64-100)128-90)60-72(103)40-54-118-55-56-119-57-58-129-130-92(4,5)44-39-71(102)32-20-21-36-79(106)97-61-73(117-7)59-69(97)65-116-6;/h66-69,73-76,82-90,98-100,109-114H,8-65H2,1-7H3,(H,94,104)(H,95,105)(H,96,115);1H4/t66?,67?,68?,69-,73+,74?,75?,76?,82?,83?,84?,85?,86?,87?,88?,89?,90?,93?;/m1./s1. The van der Waals surface area contributed by atoms with E-state index in [1.54, 1.807) is 56.6 Å². The Balaban J connectivity index is 0.0000442. The molecule has 4 aliphatic rings. The van der Waals surface area contributed by atoms with Crippen LogP contribution in [-0.2, 0) is 99.9 Å². The van der Waals surface area contributed by atoms with E-state index in [0.717, 1.165) is 89.9 Å². The molecule has 4 aliphatic heterocycles. The smallest absolute Gasteiger partial charge is 0.407 e. The van der Waals surface area contributed by atoms with Crippen molar-refractivity contribution in [2.24, 2.45) is 23.2 Å². The van der Waals surface area contributed by atoms with Gasteiger partial charge in [-0.25, -0.2) is 4.79 Å². The van der Waals surface area contributed by atoms with E-state index in [0.29, 0.717) is 174 Å². The Morgan fingerprint density at radius 2 is 0.809 bits per heavy atom. The second-order valence-electron chi connectivity index (χ2n) is 36.1. The Morgan fingerprint density at radius 1 is 0.412 bits per heavy atom. The zero-order chi connectivity index (χ0) is 95.3. The number of hydrogen-bond donors (Lipinski definition) is 12. The number of aliphatic hydroxyl groups excluding tert-OH is 9. The first kappa shape index (κ1) is 121. The number of nitrogens with zero attached hydrogens (tertiary/aromatic N) is 1. The second-order valence-corrected chi connectivity index (χ2v) is 39.2. The van der Waals surface area contributed by atoms with Gasteiger partial charge in [0, 0.05) is 139 Å². The number of hydrogen-bond acceptors (Lipinski definition) is 33. The van der Waals surface area contributed by atoms with E-state index in [4.69, 9.17) is 61.6 Å². The first-order valence-corrected chi connectivity index (χ1v) is 50.6. The molecule has 17 atom stereocenters. The molecule has 0 spiro atoms. The minimum absolute atomic E-state index is 0. The topological polar surface area (TPSA) is 495 Å². The van der Waals surface area contributed by atoms with Crippen LogP contribution in [0.4, 0.5) is 4.79 Å². The van der Waals surface area contributed by atoms with E-state index in [1.807, 2.05) is 4.90 Å². The Bertz CT molecular complexity index is 2860. The van der Waals surface area contributed by atoms with Crippen molar-refractivity contribution in [3.8, 4) is 0 Å². The molecule has 0 saturated carbocycles. The molecule has 0 aromatic rings. The van der Waals surface area contributed by atoms with Crippen LogP contribution in [0.25, 0.3) is 0 Å². The fourth-order valence-corrected chi connectivity index (χ4v) is 18.8. The van der Waals surface area contributed by atoms with Crippen molar-refractivity contribution in [1.29, 1.82) is 0 Å². The van der Waals surface area contributed by atoms with Crippen molar-refractivity contribution >= 4 is 74.7 Å². The number of carbonyl (C=O) groups excluding carboxylic acids is 9. The number of methoxy groups -OCH3 is 2. The SMILES string of the molecule is C.COC[C@H]1C[C@H](OC)CN1C(=O)CCCCC(=O)CCC(C)(C)SSCCOCCOCCC(=O)CC(CCCOC(=O)CCCCCCCNC(=O)CCCOC1OC(CO)C(O)C(O)C1C)(CCCOC(=O)CCCCCCCNC(=O)CCCOC1OC(CO)C(O)C(O)C1C)CCCOC(=O)NCCCCCCCC(=O)CCCOC1OC(CO)C(O)C(O)C1C. The highest BCUT2D eigenvalue weighted by Gasteiger charge is 2.46. The normalized spacial score (nSPS) is 24.4. The molecule has 15 unspecified atom stereocenters. The summed E-state index contributed by atoms with van der Waals surface area (Å²) >= 11 is 0. The van der Waals surface area contributed by atoms with Gasteiger partial charge in [-0.05, 0) is 141 Å². The number of unbranched alkanes of at least 4 members (excludes halogenated alkanes) is 13. The fourth-order valence-electron chi connectivity index (χ4n) is 16.4. The van der Waals surface area contributed by atoms with Gasteiger partial charge in [0.1, 0.15) is 54.0 Å². The van der Waals surface area contributed by atoms with Crippen LogP contribution in [0.3, 0.4) is 0 Å². The minimum Gasteiger partial charge on any atom is -0.466 e. The maximum atomic E-state index is 14.3. The van der Waals surface area contributed by atoms with E-state index in [9.17, 15) is 89.1 Å². The number of Topliss-reactive ketones (excluding diaryl/α,β-unsaturated/α-hetero) is 3. The summed E-state index contributed by atoms with van der Waals surface area (Å²) in [7, 11) is 6.69. The maximum absolute atomic E-state index is 14.3. The van der Waals surface area contributed by atoms with Crippen molar-refractivity contribution in [2.75, 3.05) is 139 Å². The number of ketones is 3. The summed E-state index contributed by atoms with van der Waals surface area (Å²) in [5, 5.41) is 98.4. The summed E-state index contributed by atoms with van der Waals surface area (Å²) in [6, 6.07) is 0.00345. The molecule has 37 heteroatoms. The molecule has 0 aromatic carbocycles. The lowest BCUT2D eigenvalue weighted by Crippen LogP contribution is -2.55. The maximum Gasteiger partial charge on any atom is 0.407 e. The highest BCUT2D eigenvalue weighted by Crippen LogP contribution is 2.41. The number of alkyl carbamates (subject to hydrolysis) is 1. The van der Waals surface area contributed by atoms with Gasteiger partial charge in [0.25, 0.3) is 0 Å². The molecule has 4 saturated heterocycles. The summed E-state index contributed by atoms with van der Waals surface area (Å²) in [5.41, 5.74) is -0.678. The number of ether oxygens (including phenoxy) is 13. The Hall–Kier alpha value is -4.43. The zero-order valence-electron chi connectivity index (χ0n) is 79.1. The minimum atomic E-state index is -1.23. The molecule has 764 valence electrons. The van der Waals surface area contributed by atoms with Gasteiger partial charge in [0.2, 0.25) is 17.7 Å². The van der Waals surface area contributed by atoms with Gasteiger partial charge >= 0.3 is 18.0 Å². The van der Waals surface area contributed by atoms with Crippen molar-refractivity contribution in [1.82, 2.24) is 20.9 Å². The molecule has 0 radical (unpaired) electrons. The lowest BCUT2D eigenvalue weighted by molar-refractivity contribution is -0.282. The van der Waals surface area contributed by atoms with Crippen LogP contribution in [0.15, 0.2) is 0 Å². The highest BCUT2D eigenvalue weighted by molar-refractivity contribution is 8.77. The summed E-state index contributed by atoms with van der Waals surface area (Å²) in [5.74, 6) is -1.48. The Labute approximate surface area is 787 Å². The fraction of sp³-hybridized carbons (Fsp3) is 0.904. The van der Waals surface area contributed by atoms with Crippen LogP contribution in [0.2, 0.25) is 0 Å². The molecule has 4 heterocycles. The molecule has 0 aliphatic carbocycles. The largest absolute Gasteiger partial charge is 0.466 e. The predicted molar refractivity (Wildman–Crippen MR) is 494 cm³/mol. The van der Waals surface area contributed by atoms with E-state index in [2.05, 4.69) is 29.8 Å². The number of likely N-dealkylation sites (tertiary alicyclic amines) is 1.